The molecule has 0 aliphatic carbocycles. The summed E-state index contributed by atoms with van der Waals surface area (Å²) >= 11 is 12.0. The quantitative estimate of drug-likeness (QED) is 0.917. The lowest BCUT2D eigenvalue weighted by Gasteiger charge is -2.17. The van der Waals surface area contributed by atoms with Crippen LogP contribution in [-0.4, -0.2) is 16.3 Å². The average molecular weight is 256 g/mol. The predicted octanol–water partition coefficient (Wildman–Crippen LogP) is 2.74. The third-order valence-corrected chi connectivity index (χ3v) is 2.95. The normalized spacial score (nSPS) is 12.7. The number of halogens is 2. The summed E-state index contributed by atoms with van der Waals surface area (Å²) in [5.74, 6) is 0. The van der Waals surface area contributed by atoms with Crippen LogP contribution in [0.4, 0.5) is 0 Å². The largest absolute Gasteiger partial charge is 0.328 e. The van der Waals surface area contributed by atoms with E-state index in [0.29, 0.717) is 16.6 Å². The van der Waals surface area contributed by atoms with Crippen LogP contribution in [-0.2, 0) is 0 Å². The fraction of sp³-hybridized carbons (Fsp3) is 0.182. The first-order valence-electron chi connectivity index (χ1n) is 4.86. The van der Waals surface area contributed by atoms with Crippen molar-refractivity contribution in [2.45, 2.75) is 6.04 Å². The van der Waals surface area contributed by atoms with Crippen molar-refractivity contribution in [3.63, 3.8) is 0 Å². The lowest BCUT2D eigenvalue weighted by atomic mass is 10.1. The molecule has 1 atom stereocenters. The van der Waals surface area contributed by atoms with Crippen molar-refractivity contribution in [1.82, 2.24) is 9.78 Å². The molecule has 1 heterocycles. The van der Waals surface area contributed by atoms with Gasteiger partial charge < -0.3 is 5.73 Å². The van der Waals surface area contributed by atoms with Crippen molar-refractivity contribution in [2.75, 3.05) is 6.54 Å². The van der Waals surface area contributed by atoms with E-state index in [1.165, 1.54) is 0 Å². The Morgan fingerprint density at radius 3 is 2.75 bits per heavy atom. The first-order valence-corrected chi connectivity index (χ1v) is 5.62. The summed E-state index contributed by atoms with van der Waals surface area (Å²) in [6, 6.07) is 7.19. The highest BCUT2D eigenvalue weighted by atomic mass is 35.5. The number of nitrogens with two attached hydrogens (primary N) is 1. The maximum Gasteiger partial charge on any atom is 0.0904 e. The Bertz CT molecular complexity index is 468. The zero-order valence-corrected chi connectivity index (χ0v) is 9.99. The molecule has 2 rings (SSSR count). The Hall–Kier alpha value is -1.03. The van der Waals surface area contributed by atoms with E-state index in [1.54, 1.807) is 23.0 Å². The van der Waals surface area contributed by atoms with Gasteiger partial charge in [0.2, 0.25) is 0 Å². The molecular formula is C11H11Cl2N3. The van der Waals surface area contributed by atoms with Crippen LogP contribution in [0.5, 0.6) is 0 Å². The van der Waals surface area contributed by atoms with Gasteiger partial charge in [0.15, 0.2) is 0 Å². The van der Waals surface area contributed by atoms with Crippen LogP contribution in [0.1, 0.15) is 11.6 Å². The van der Waals surface area contributed by atoms with E-state index >= 15 is 0 Å². The van der Waals surface area contributed by atoms with Gasteiger partial charge >= 0.3 is 0 Å². The zero-order chi connectivity index (χ0) is 11.5. The number of hydrogen-bond donors (Lipinski definition) is 1. The molecule has 1 aromatic carbocycles. The second-order valence-corrected chi connectivity index (χ2v) is 4.25. The number of aromatic nitrogens is 2. The van der Waals surface area contributed by atoms with Gasteiger partial charge in [-0.3, -0.25) is 4.68 Å². The molecule has 0 radical (unpaired) electrons. The third-order valence-electron chi connectivity index (χ3n) is 2.39. The predicted molar refractivity (Wildman–Crippen MR) is 65.9 cm³/mol. The zero-order valence-electron chi connectivity index (χ0n) is 8.48. The molecule has 1 unspecified atom stereocenters. The molecule has 0 spiro atoms. The van der Waals surface area contributed by atoms with Crippen molar-refractivity contribution < 1.29 is 0 Å². The number of benzene rings is 1. The molecule has 0 aliphatic heterocycles. The molecule has 84 valence electrons. The van der Waals surface area contributed by atoms with E-state index in [1.807, 2.05) is 18.3 Å². The highest BCUT2D eigenvalue weighted by Crippen LogP contribution is 2.27. The first-order chi connectivity index (χ1) is 7.72. The van der Waals surface area contributed by atoms with Crippen LogP contribution in [0.3, 0.4) is 0 Å². The molecule has 0 fully saturated rings. The highest BCUT2D eigenvalue weighted by molar-refractivity contribution is 6.35. The van der Waals surface area contributed by atoms with Crippen LogP contribution >= 0.6 is 23.2 Å². The molecule has 5 heteroatoms. The smallest absolute Gasteiger partial charge is 0.0904 e. The van der Waals surface area contributed by atoms with Crippen LogP contribution in [0.25, 0.3) is 0 Å². The Labute approximate surface area is 104 Å². The first kappa shape index (κ1) is 11.5. The van der Waals surface area contributed by atoms with Gasteiger partial charge in [-0.05, 0) is 23.8 Å². The van der Waals surface area contributed by atoms with Gasteiger partial charge in [-0.15, -0.1) is 0 Å². The minimum Gasteiger partial charge on any atom is -0.328 e. The van der Waals surface area contributed by atoms with Gasteiger partial charge in [0.1, 0.15) is 0 Å². The molecule has 3 nitrogen and oxygen atoms in total. The summed E-state index contributed by atoms with van der Waals surface area (Å²) in [5, 5.41) is 5.40. The Balaban J connectivity index is 2.41. The second-order valence-electron chi connectivity index (χ2n) is 3.40. The van der Waals surface area contributed by atoms with Gasteiger partial charge in [0, 0.05) is 29.0 Å². The summed E-state index contributed by atoms with van der Waals surface area (Å²) in [6.45, 7) is 0.434. The van der Waals surface area contributed by atoms with Crippen molar-refractivity contribution >= 4 is 23.2 Å². The van der Waals surface area contributed by atoms with Gasteiger partial charge in [0.25, 0.3) is 0 Å². The maximum atomic E-state index is 6.14. The fourth-order valence-electron chi connectivity index (χ4n) is 1.61. The summed E-state index contributed by atoms with van der Waals surface area (Å²) in [5.41, 5.74) is 6.68. The average Bonchev–Trinajstić information content (AvgIpc) is 2.75. The van der Waals surface area contributed by atoms with Crippen molar-refractivity contribution in [3.8, 4) is 0 Å². The molecule has 1 aromatic heterocycles. The molecule has 0 bridgehead atoms. The summed E-state index contributed by atoms with van der Waals surface area (Å²) in [7, 11) is 0. The van der Waals surface area contributed by atoms with Gasteiger partial charge in [0.05, 0.1) is 6.04 Å². The van der Waals surface area contributed by atoms with Crippen LogP contribution in [0, 0.1) is 0 Å². The van der Waals surface area contributed by atoms with E-state index in [9.17, 15) is 0 Å². The van der Waals surface area contributed by atoms with E-state index < -0.39 is 0 Å². The van der Waals surface area contributed by atoms with E-state index in [4.69, 9.17) is 28.9 Å². The molecule has 0 saturated heterocycles. The Morgan fingerprint density at radius 2 is 2.19 bits per heavy atom. The minimum absolute atomic E-state index is 0.0558. The molecule has 0 amide bonds. The lowest BCUT2D eigenvalue weighted by Crippen LogP contribution is -2.21. The monoisotopic (exact) mass is 255 g/mol. The summed E-state index contributed by atoms with van der Waals surface area (Å²) in [4.78, 5) is 0. The maximum absolute atomic E-state index is 6.14. The van der Waals surface area contributed by atoms with Gasteiger partial charge in [-0.2, -0.15) is 5.10 Å². The van der Waals surface area contributed by atoms with E-state index in [0.717, 1.165) is 5.56 Å². The summed E-state index contributed by atoms with van der Waals surface area (Å²) in [6.07, 6.45) is 3.58. The van der Waals surface area contributed by atoms with Crippen LogP contribution in [0.2, 0.25) is 10.0 Å². The highest BCUT2D eigenvalue weighted by Gasteiger charge is 2.15. The van der Waals surface area contributed by atoms with Gasteiger partial charge in [-0.1, -0.05) is 29.3 Å². The van der Waals surface area contributed by atoms with E-state index in [-0.39, 0.29) is 6.04 Å². The minimum atomic E-state index is -0.0558. The molecule has 0 saturated carbocycles. The number of hydrogen-bond acceptors (Lipinski definition) is 2. The number of nitrogens with zero attached hydrogens (tertiary/aromatic N) is 2. The molecule has 16 heavy (non-hydrogen) atoms. The van der Waals surface area contributed by atoms with Gasteiger partial charge in [-0.25, -0.2) is 0 Å². The van der Waals surface area contributed by atoms with E-state index in [2.05, 4.69) is 5.10 Å². The molecule has 2 aromatic rings. The van der Waals surface area contributed by atoms with Crippen LogP contribution in [0.15, 0.2) is 36.7 Å². The van der Waals surface area contributed by atoms with Crippen molar-refractivity contribution in [2.24, 2.45) is 5.73 Å². The second kappa shape index (κ2) is 4.87. The molecule has 2 N–H and O–H groups in total. The summed E-state index contributed by atoms with van der Waals surface area (Å²) < 4.78 is 1.79. The SMILES string of the molecule is NCC(c1ccc(Cl)cc1Cl)n1cccn1. The topological polar surface area (TPSA) is 43.8 Å². The van der Waals surface area contributed by atoms with Crippen LogP contribution < -0.4 is 5.73 Å². The fourth-order valence-corrected chi connectivity index (χ4v) is 2.15. The third kappa shape index (κ3) is 2.21. The molecular weight excluding hydrogens is 245 g/mol. The molecule has 0 aliphatic rings. The standard InChI is InChI=1S/C11H11Cl2N3/c12-8-2-3-9(10(13)6-8)11(7-14)16-5-1-4-15-16/h1-6,11H,7,14H2. The lowest BCUT2D eigenvalue weighted by molar-refractivity contribution is 0.532. The van der Waals surface area contributed by atoms with Crippen molar-refractivity contribution in [1.29, 1.82) is 0 Å². The Kier molecular flexibility index (Phi) is 3.49. The Morgan fingerprint density at radius 1 is 1.38 bits per heavy atom. The van der Waals surface area contributed by atoms with Crippen molar-refractivity contribution in [3.05, 3.63) is 52.3 Å². The number of rotatable bonds is 3.